The summed E-state index contributed by atoms with van der Waals surface area (Å²) >= 11 is 0. The second-order valence-electron chi connectivity index (χ2n) is 4.62. The van der Waals surface area contributed by atoms with Crippen molar-refractivity contribution in [1.82, 2.24) is 5.32 Å². The molecule has 0 bridgehead atoms. The molecular formula is C13H16N2O. The van der Waals surface area contributed by atoms with E-state index in [9.17, 15) is 4.79 Å². The SMILES string of the molecule is Cc1cccc2c1N1CCNC(=O)C1CC2. The zero-order valence-electron chi connectivity index (χ0n) is 9.49. The van der Waals surface area contributed by atoms with Crippen molar-refractivity contribution < 1.29 is 4.79 Å². The smallest absolute Gasteiger partial charge is 0.242 e. The Balaban J connectivity index is 2.08. The topological polar surface area (TPSA) is 32.3 Å². The molecule has 1 atom stereocenters. The third-order valence-electron chi connectivity index (χ3n) is 3.63. The number of aryl methyl sites for hydroxylation is 2. The van der Waals surface area contributed by atoms with Gasteiger partial charge in [0.1, 0.15) is 6.04 Å². The number of rotatable bonds is 0. The molecule has 1 fully saturated rings. The number of anilines is 1. The fourth-order valence-electron chi connectivity index (χ4n) is 2.89. The lowest BCUT2D eigenvalue weighted by Crippen LogP contribution is -2.57. The first-order chi connectivity index (χ1) is 7.77. The Morgan fingerprint density at radius 1 is 1.44 bits per heavy atom. The van der Waals surface area contributed by atoms with Gasteiger partial charge in [0, 0.05) is 18.8 Å². The van der Waals surface area contributed by atoms with E-state index in [1.807, 2.05) is 0 Å². The van der Waals surface area contributed by atoms with Crippen molar-refractivity contribution >= 4 is 11.6 Å². The Morgan fingerprint density at radius 2 is 2.31 bits per heavy atom. The van der Waals surface area contributed by atoms with Crippen molar-refractivity contribution in [3.8, 4) is 0 Å². The van der Waals surface area contributed by atoms with Crippen molar-refractivity contribution in [1.29, 1.82) is 0 Å². The van der Waals surface area contributed by atoms with Gasteiger partial charge in [0.15, 0.2) is 0 Å². The number of para-hydroxylation sites is 1. The van der Waals surface area contributed by atoms with Crippen LogP contribution in [0.3, 0.4) is 0 Å². The maximum absolute atomic E-state index is 11.8. The first-order valence-corrected chi connectivity index (χ1v) is 5.90. The lowest BCUT2D eigenvalue weighted by atomic mass is 9.92. The van der Waals surface area contributed by atoms with Crippen LogP contribution in [0.5, 0.6) is 0 Å². The molecule has 1 saturated heterocycles. The highest BCUT2D eigenvalue weighted by atomic mass is 16.2. The zero-order chi connectivity index (χ0) is 11.1. The number of piperazine rings is 1. The van der Waals surface area contributed by atoms with Crippen LogP contribution >= 0.6 is 0 Å². The zero-order valence-corrected chi connectivity index (χ0v) is 9.49. The molecular weight excluding hydrogens is 200 g/mol. The van der Waals surface area contributed by atoms with Gasteiger partial charge in [0.05, 0.1) is 0 Å². The predicted molar refractivity (Wildman–Crippen MR) is 63.6 cm³/mol. The molecule has 0 saturated carbocycles. The average Bonchev–Trinajstić information content (AvgIpc) is 2.29. The monoisotopic (exact) mass is 216 g/mol. The minimum absolute atomic E-state index is 0.0577. The predicted octanol–water partition coefficient (Wildman–Crippen LogP) is 1.25. The van der Waals surface area contributed by atoms with Crippen molar-refractivity contribution in [2.75, 3.05) is 18.0 Å². The molecule has 84 valence electrons. The fourth-order valence-corrected chi connectivity index (χ4v) is 2.89. The van der Waals surface area contributed by atoms with Crippen LogP contribution in [0.15, 0.2) is 18.2 Å². The number of hydrogen-bond donors (Lipinski definition) is 1. The van der Waals surface area contributed by atoms with Gasteiger partial charge in [0.25, 0.3) is 0 Å². The molecule has 3 nitrogen and oxygen atoms in total. The van der Waals surface area contributed by atoms with Gasteiger partial charge in [-0.1, -0.05) is 18.2 Å². The van der Waals surface area contributed by atoms with Crippen molar-refractivity contribution in [3.05, 3.63) is 29.3 Å². The van der Waals surface area contributed by atoms with E-state index in [1.165, 1.54) is 16.8 Å². The van der Waals surface area contributed by atoms with Gasteiger partial charge in [-0.05, 0) is 30.9 Å². The van der Waals surface area contributed by atoms with Gasteiger partial charge in [0.2, 0.25) is 5.91 Å². The maximum atomic E-state index is 11.8. The largest absolute Gasteiger partial charge is 0.357 e. The molecule has 3 heteroatoms. The second kappa shape index (κ2) is 3.51. The molecule has 0 spiro atoms. The number of carbonyl (C=O) groups is 1. The molecule has 0 radical (unpaired) electrons. The van der Waals surface area contributed by atoms with E-state index in [1.54, 1.807) is 0 Å². The van der Waals surface area contributed by atoms with Crippen LogP contribution in [-0.2, 0) is 11.2 Å². The Labute approximate surface area is 95.4 Å². The molecule has 0 aromatic heterocycles. The molecule has 1 unspecified atom stereocenters. The molecule has 1 aromatic carbocycles. The minimum atomic E-state index is 0.0577. The summed E-state index contributed by atoms with van der Waals surface area (Å²) in [4.78, 5) is 14.1. The van der Waals surface area contributed by atoms with Crippen LogP contribution in [0.4, 0.5) is 5.69 Å². The van der Waals surface area contributed by atoms with Crippen LogP contribution in [0.2, 0.25) is 0 Å². The van der Waals surface area contributed by atoms with E-state index >= 15 is 0 Å². The maximum Gasteiger partial charge on any atom is 0.242 e. The third kappa shape index (κ3) is 1.31. The number of amides is 1. The molecule has 16 heavy (non-hydrogen) atoms. The first kappa shape index (κ1) is 9.70. The molecule has 0 aliphatic carbocycles. The quantitative estimate of drug-likeness (QED) is 0.708. The first-order valence-electron chi connectivity index (χ1n) is 5.90. The van der Waals surface area contributed by atoms with Gasteiger partial charge < -0.3 is 10.2 Å². The van der Waals surface area contributed by atoms with Crippen molar-refractivity contribution in [2.24, 2.45) is 0 Å². The highest BCUT2D eigenvalue weighted by Crippen LogP contribution is 2.34. The molecule has 1 aromatic rings. The van der Waals surface area contributed by atoms with E-state index in [0.717, 1.165) is 25.9 Å². The Kier molecular flexibility index (Phi) is 2.13. The number of fused-ring (bicyclic) bond motifs is 3. The summed E-state index contributed by atoms with van der Waals surface area (Å²) in [5.74, 6) is 0.195. The van der Waals surface area contributed by atoms with Crippen LogP contribution in [-0.4, -0.2) is 25.0 Å². The highest BCUT2D eigenvalue weighted by molar-refractivity contribution is 5.88. The second-order valence-corrected chi connectivity index (χ2v) is 4.62. The fraction of sp³-hybridized carbons (Fsp3) is 0.462. The standard InChI is InChI=1S/C13H16N2O/c1-9-3-2-4-10-5-6-11-13(16)14-7-8-15(11)12(9)10/h2-4,11H,5-8H2,1H3,(H,14,16). The molecule has 2 heterocycles. The Bertz CT molecular complexity index is 442. The number of hydrogen-bond acceptors (Lipinski definition) is 2. The molecule has 1 N–H and O–H groups in total. The summed E-state index contributed by atoms with van der Waals surface area (Å²) in [6.07, 6.45) is 1.97. The van der Waals surface area contributed by atoms with Crippen molar-refractivity contribution in [3.63, 3.8) is 0 Å². The summed E-state index contributed by atoms with van der Waals surface area (Å²) in [5.41, 5.74) is 3.98. The number of carbonyl (C=O) groups excluding carboxylic acids is 1. The summed E-state index contributed by atoms with van der Waals surface area (Å²) in [7, 11) is 0. The van der Waals surface area contributed by atoms with Crippen LogP contribution < -0.4 is 10.2 Å². The van der Waals surface area contributed by atoms with Gasteiger partial charge in [-0.25, -0.2) is 0 Å². The molecule has 3 rings (SSSR count). The molecule has 1 amide bonds. The van der Waals surface area contributed by atoms with E-state index < -0.39 is 0 Å². The Hall–Kier alpha value is -1.51. The lowest BCUT2D eigenvalue weighted by Gasteiger charge is -2.42. The molecule has 2 aliphatic rings. The third-order valence-corrected chi connectivity index (χ3v) is 3.63. The lowest BCUT2D eigenvalue weighted by molar-refractivity contribution is -0.123. The number of nitrogens with one attached hydrogen (secondary N) is 1. The van der Waals surface area contributed by atoms with E-state index in [-0.39, 0.29) is 11.9 Å². The van der Waals surface area contributed by atoms with E-state index in [2.05, 4.69) is 35.3 Å². The number of nitrogens with zero attached hydrogens (tertiary/aromatic N) is 1. The van der Waals surface area contributed by atoms with Gasteiger partial charge in [-0.2, -0.15) is 0 Å². The summed E-state index contributed by atoms with van der Waals surface area (Å²) < 4.78 is 0. The Morgan fingerprint density at radius 3 is 3.19 bits per heavy atom. The van der Waals surface area contributed by atoms with Crippen LogP contribution in [0, 0.1) is 6.92 Å². The average molecular weight is 216 g/mol. The van der Waals surface area contributed by atoms with Crippen LogP contribution in [0.1, 0.15) is 17.5 Å². The summed E-state index contributed by atoms with van der Waals surface area (Å²) in [6.45, 7) is 3.84. The summed E-state index contributed by atoms with van der Waals surface area (Å²) in [6, 6.07) is 6.49. The minimum Gasteiger partial charge on any atom is -0.357 e. The normalized spacial score (nSPS) is 23.4. The van der Waals surface area contributed by atoms with Gasteiger partial charge in [-0.15, -0.1) is 0 Å². The van der Waals surface area contributed by atoms with E-state index in [0.29, 0.717) is 0 Å². The highest BCUT2D eigenvalue weighted by Gasteiger charge is 2.34. The summed E-state index contributed by atoms with van der Waals surface area (Å²) in [5, 5.41) is 2.95. The van der Waals surface area contributed by atoms with E-state index in [4.69, 9.17) is 0 Å². The van der Waals surface area contributed by atoms with Gasteiger partial charge in [-0.3, -0.25) is 4.79 Å². The van der Waals surface area contributed by atoms with Gasteiger partial charge >= 0.3 is 0 Å². The van der Waals surface area contributed by atoms with Crippen molar-refractivity contribution in [2.45, 2.75) is 25.8 Å². The number of benzene rings is 1. The van der Waals surface area contributed by atoms with Crippen LogP contribution in [0.25, 0.3) is 0 Å². The molecule has 2 aliphatic heterocycles.